The van der Waals surface area contributed by atoms with E-state index in [1.165, 1.54) is 5.69 Å². The molecule has 2 heterocycles. The molecule has 1 N–H and O–H groups in total. The topological polar surface area (TPSA) is 33.1 Å². The van der Waals surface area contributed by atoms with E-state index in [9.17, 15) is 0 Å². The number of hydrogen-bond acceptors (Lipinski definition) is 3. The fourth-order valence-electron chi connectivity index (χ4n) is 2.35. The third-order valence-corrected chi connectivity index (χ3v) is 3.61. The molecule has 0 amide bonds. The quantitative estimate of drug-likeness (QED) is 0.888. The predicted molar refractivity (Wildman–Crippen MR) is 70.6 cm³/mol. The summed E-state index contributed by atoms with van der Waals surface area (Å²) in [5, 5.41) is 8.61. The van der Waals surface area contributed by atoms with Crippen molar-refractivity contribution in [2.45, 2.75) is 25.3 Å². The van der Waals surface area contributed by atoms with Gasteiger partial charge >= 0.3 is 0 Å². The second kappa shape index (κ2) is 5.85. The summed E-state index contributed by atoms with van der Waals surface area (Å²) in [6.07, 6.45) is 4.11. The van der Waals surface area contributed by atoms with E-state index in [2.05, 4.69) is 34.1 Å². The third kappa shape index (κ3) is 3.21. The molecule has 1 fully saturated rings. The van der Waals surface area contributed by atoms with Gasteiger partial charge in [0, 0.05) is 12.5 Å². The number of halogens is 1. The van der Waals surface area contributed by atoms with E-state index >= 15 is 0 Å². The minimum absolute atomic E-state index is 0.563. The summed E-state index contributed by atoms with van der Waals surface area (Å²) >= 11 is 6.28. The van der Waals surface area contributed by atoms with Crippen LogP contribution in [0.3, 0.4) is 0 Å². The van der Waals surface area contributed by atoms with Crippen LogP contribution in [0.4, 0.5) is 0 Å². The van der Waals surface area contributed by atoms with E-state index in [4.69, 9.17) is 11.6 Å². The number of likely N-dealkylation sites (N-methyl/N-ethyl adjacent to an activating group) is 1. The van der Waals surface area contributed by atoms with Crippen molar-refractivity contribution >= 4 is 11.6 Å². The van der Waals surface area contributed by atoms with Gasteiger partial charge in [-0.05, 0) is 40.0 Å². The number of hydrogen-bond donors (Lipinski definition) is 1. The van der Waals surface area contributed by atoms with Crippen LogP contribution in [0.5, 0.6) is 0 Å². The molecule has 0 atom stereocenters. The summed E-state index contributed by atoms with van der Waals surface area (Å²) in [5.41, 5.74) is 1.23. The first-order valence-corrected chi connectivity index (χ1v) is 6.63. The average Bonchev–Trinajstić information content (AvgIpc) is 2.69. The Morgan fingerprint density at radius 1 is 1.47 bits per heavy atom. The van der Waals surface area contributed by atoms with Gasteiger partial charge in [-0.15, -0.1) is 0 Å². The van der Waals surface area contributed by atoms with Gasteiger partial charge in [0.2, 0.25) is 0 Å². The number of rotatable bonds is 4. The van der Waals surface area contributed by atoms with Crippen molar-refractivity contribution in [1.82, 2.24) is 20.0 Å². The maximum Gasteiger partial charge on any atom is 0.0820 e. The van der Waals surface area contributed by atoms with Crippen LogP contribution in [0.2, 0.25) is 5.02 Å². The highest BCUT2D eigenvalue weighted by atomic mass is 35.5. The zero-order valence-corrected chi connectivity index (χ0v) is 11.4. The first-order chi connectivity index (χ1) is 8.18. The molecule has 17 heavy (non-hydrogen) atoms. The Kier molecular flexibility index (Phi) is 4.42. The van der Waals surface area contributed by atoms with Crippen molar-refractivity contribution in [3.05, 3.63) is 16.9 Å². The van der Waals surface area contributed by atoms with E-state index in [1.807, 2.05) is 0 Å². The molecule has 1 aromatic rings. The summed E-state index contributed by atoms with van der Waals surface area (Å²) in [5.74, 6) is 0.563. The summed E-state index contributed by atoms with van der Waals surface area (Å²) in [4.78, 5) is 2.17. The van der Waals surface area contributed by atoms with Crippen LogP contribution in [-0.4, -0.2) is 48.4 Å². The molecular formula is C12H21ClN4. The predicted octanol–water partition coefficient (Wildman–Crippen LogP) is 1.57. The monoisotopic (exact) mass is 256 g/mol. The molecule has 96 valence electrons. The average molecular weight is 257 g/mol. The minimum atomic E-state index is 0.563. The van der Waals surface area contributed by atoms with Crippen LogP contribution in [0.25, 0.3) is 0 Å². The lowest BCUT2D eigenvalue weighted by molar-refractivity contribution is 0.358. The Hall–Kier alpha value is -0.580. The van der Waals surface area contributed by atoms with E-state index < -0.39 is 0 Å². The van der Waals surface area contributed by atoms with Crippen molar-refractivity contribution in [2.75, 3.05) is 33.7 Å². The van der Waals surface area contributed by atoms with Crippen LogP contribution < -0.4 is 5.32 Å². The van der Waals surface area contributed by atoms with Crippen molar-refractivity contribution < 1.29 is 0 Å². The highest BCUT2D eigenvalue weighted by Crippen LogP contribution is 2.30. The number of aromatic nitrogens is 2. The first-order valence-electron chi connectivity index (χ1n) is 6.25. The summed E-state index contributed by atoms with van der Waals surface area (Å²) in [6.45, 7) is 4.08. The molecule has 1 aliphatic rings. The number of nitrogens with zero attached hydrogens (tertiary/aromatic N) is 3. The molecule has 5 heteroatoms. The molecular weight excluding hydrogens is 236 g/mol. The second-order valence-electron chi connectivity index (χ2n) is 4.93. The molecule has 0 aromatic carbocycles. The lowest BCUT2D eigenvalue weighted by Crippen LogP contribution is -2.29. The van der Waals surface area contributed by atoms with Gasteiger partial charge < -0.3 is 10.2 Å². The third-order valence-electron chi connectivity index (χ3n) is 3.32. The number of nitrogens with one attached hydrogen (secondary N) is 1. The first kappa shape index (κ1) is 12.9. The fraction of sp³-hybridized carbons (Fsp3) is 0.750. The molecule has 0 spiro atoms. The van der Waals surface area contributed by atoms with Gasteiger partial charge in [0.25, 0.3) is 0 Å². The maximum atomic E-state index is 6.28. The molecule has 1 aromatic heterocycles. The van der Waals surface area contributed by atoms with Crippen molar-refractivity contribution in [2.24, 2.45) is 0 Å². The minimum Gasteiger partial charge on any atom is -0.317 e. The molecule has 0 radical (unpaired) electrons. The van der Waals surface area contributed by atoms with E-state index in [-0.39, 0.29) is 0 Å². The summed E-state index contributed by atoms with van der Waals surface area (Å²) in [7, 11) is 4.16. The lowest BCUT2D eigenvalue weighted by atomic mass is 9.94. The van der Waals surface area contributed by atoms with Gasteiger partial charge in [-0.2, -0.15) is 5.10 Å². The Morgan fingerprint density at radius 3 is 2.82 bits per heavy atom. The molecule has 0 aliphatic carbocycles. The second-order valence-corrected chi connectivity index (χ2v) is 5.34. The van der Waals surface area contributed by atoms with Gasteiger partial charge in [-0.3, -0.25) is 4.68 Å². The standard InChI is InChI=1S/C12H21ClN4/c1-16(2)7-8-17-12(11(13)9-15-17)10-3-5-14-6-4-10/h9-10,14H,3-8H2,1-2H3. The van der Waals surface area contributed by atoms with Crippen LogP contribution in [0.1, 0.15) is 24.5 Å². The molecule has 0 bridgehead atoms. The zero-order chi connectivity index (χ0) is 12.3. The van der Waals surface area contributed by atoms with Gasteiger partial charge in [0.05, 0.1) is 23.5 Å². The SMILES string of the molecule is CN(C)CCn1ncc(Cl)c1C1CCNCC1. The van der Waals surface area contributed by atoms with Crippen LogP contribution in [-0.2, 0) is 6.54 Å². The van der Waals surface area contributed by atoms with E-state index in [1.54, 1.807) is 6.20 Å². The Morgan fingerprint density at radius 2 is 2.18 bits per heavy atom. The molecule has 2 rings (SSSR count). The smallest absolute Gasteiger partial charge is 0.0820 e. The number of piperidine rings is 1. The van der Waals surface area contributed by atoms with Crippen molar-refractivity contribution in [3.8, 4) is 0 Å². The van der Waals surface area contributed by atoms with Gasteiger partial charge in [0.15, 0.2) is 0 Å². The van der Waals surface area contributed by atoms with Crippen LogP contribution in [0.15, 0.2) is 6.20 Å². The fourth-order valence-corrected chi connectivity index (χ4v) is 2.64. The molecule has 0 saturated carbocycles. The van der Waals surface area contributed by atoms with E-state index in [0.717, 1.165) is 44.0 Å². The van der Waals surface area contributed by atoms with E-state index in [0.29, 0.717) is 5.92 Å². The molecule has 4 nitrogen and oxygen atoms in total. The highest BCUT2D eigenvalue weighted by Gasteiger charge is 2.22. The van der Waals surface area contributed by atoms with Crippen molar-refractivity contribution in [3.63, 3.8) is 0 Å². The Labute approximate surface area is 108 Å². The largest absolute Gasteiger partial charge is 0.317 e. The van der Waals surface area contributed by atoms with Crippen LogP contribution >= 0.6 is 11.6 Å². The zero-order valence-electron chi connectivity index (χ0n) is 10.6. The van der Waals surface area contributed by atoms with Crippen molar-refractivity contribution in [1.29, 1.82) is 0 Å². The molecule has 1 saturated heterocycles. The van der Waals surface area contributed by atoms with Gasteiger partial charge in [-0.25, -0.2) is 0 Å². The Bertz CT molecular complexity index is 355. The summed E-state index contributed by atoms with van der Waals surface area (Å²) in [6, 6.07) is 0. The highest BCUT2D eigenvalue weighted by molar-refractivity contribution is 6.31. The molecule has 0 unspecified atom stereocenters. The lowest BCUT2D eigenvalue weighted by Gasteiger charge is -2.24. The summed E-state index contributed by atoms with van der Waals surface area (Å²) < 4.78 is 2.08. The molecule has 1 aliphatic heterocycles. The Balaban J connectivity index is 2.10. The van der Waals surface area contributed by atoms with Gasteiger partial charge in [0.1, 0.15) is 0 Å². The normalized spacial score (nSPS) is 17.9. The van der Waals surface area contributed by atoms with Gasteiger partial charge in [-0.1, -0.05) is 11.6 Å². The van der Waals surface area contributed by atoms with Crippen LogP contribution in [0, 0.1) is 0 Å². The maximum absolute atomic E-state index is 6.28.